The molecule has 0 saturated carbocycles. The van der Waals surface area contributed by atoms with Crippen molar-refractivity contribution in [3.63, 3.8) is 0 Å². The van der Waals surface area contributed by atoms with Gasteiger partial charge >= 0.3 is 5.97 Å². The van der Waals surface area contributed by atoms with E-state index in [2.05, 4.69) is 15.1 Å². The first-order valence-corrected chi connectivity index (χ1v) is 9.54. The van der Waals surface area contributed by atoms with Crippen LogP contribution in [0.1, 0.15) is 24.5 Å². The maximum Gasteiger partial charge on any atom is 0.350 e. The second-order valence-electron chi connectivity index (χ2n) is 6.09. The van der Waals surface area contributed by atoms with E-state index in [1.54, 1.807) is 5.38 Å². The molecule has 0 radical (unpaired) electrons. The van der Waals surface area contributed by atoms with E-state index in [1.807, 2.05) is 24.3 Å². The van der Waals surface area contributed by atoms with E-state index in [9.17, 15) is 9.59 Å². The standard InChI is InChI=1S/C17H16N4O4S2/c1-17(2,15(23)24)25-21-14(10-8-26-16(18)20-10)11(22)7-13-19-9-5-3-4-6-12(9)27-13/h3-6,8H,7H2,1-2H3,(H2,18,20)(H,23,24). The summed E-state index contributed by atoms with van der Waals surface area (Å²) in [5.74, 6) is -1.59. The van der Waals surface area contributed by atoms with Crippen molar-refractivity contribution in [2.75, 3.05) is 5.73 Å². The van der Waals surface area contributed by atoms with E-state index < -0.39 is 11.6 Å². The van der Waals surface area contributed by atoms with Crippen molar-refractivity contribution in [2.24, 2.45) is 5.16 Å². The predicted octanol–water partition coefficient (Wildman–Crippen LogP) is 2.73. The molecular formula is C17H16N4O4S2. The third-order valence-corrected chi connectivity index (χ3v) is 5.27. The van der Waals surface area contributed by atoms with Gasteiger partial charge in [0.2, 0.25) is 5.60 Å². The van der Waals surface area contributed by atoms with Crippen molar-refractivity contribution in [1.82, 2.24) is 9.97 Å². The lowest BCUT2D eigenvalue weighted by atomic mass is 10.1. The molecule has 0 atom stereocenters. The maximum absolute atomic E-state index is 12.8. The number of hydrogen-bond acceptors (Lipinski definition) is 9. The van der Waals surface area contributed by atoms with Gasteiger partial charge in [0.1, 0.15) is 10.7 Å². The number of Topliss-reactive ketones (excluding diaryl/α,β-unsaturated/α-hetero) is 1. The van der Waals surface area contributed by atoms with Gasteiger partial charge in [0.05, 0.1) is 16.6 Å². The number of oxime groups is 1. The maximum atomic E-state index is 12.8. The SMILES string of the molecule is CC(C)(ON=C(C(=O)Cc1nc2ccccc2s1)c1csc(N)n1)C(=O)O. The number of aliphatic carboxylic acids is 1. The third kappa shape index (κ3) is 4.29. The summed E-state index contributed by atoms with van der Waals surface area (Å²) >= 11 is 2.56. The van der Waals surface area contributed by atoms with Crippen molar-refractivity contribution in [3.8, 4) is 0 Å². The van der Waals surface area contributed by atoms with Crippen molar-refractivity contribution >= 4 is 55.5 Å². The smallest absolute Gasteiger partial charge is 0.350 e. The van der Waals surface area contributed by atoms with Crippen molar-refractivity contribution in [1.29, 1.82) is 0 Å². The monoisotopic (exact) mass is 404 g/mol. The molecule has 3 N–H and O–H groups in total. The molecule has 2 heterocycles. The Balaban J connectivity index is 1.89. The highest BCUT2D eigenvalue weighted by Crippen LogP contribution is 2.23. The molecule has 2 aromatic heterocycles. The van der Waals surface area contributed by atoms with Crippen LogP contribution in [0.15, 0.2) is 34.8 Å². The van der Waals surface area contributed by atoms with Crippen LogP contribution in [0.3, 0.4) is 0 Å². The average Bonchev–Trinajstić information content (AvgIpc) is 3.20. The van der Waals surface area contributed by atoms with Crippen molar-refractivity contribution < 1.29 is 19.5 Å². The largest absolute Gasteiger partial charge is 0.478 e. The molecule has 0 unspecified atom stereocenters. The number of carbonyl (C=O) groups excluding carboxylic acids is 1. The lowest BCUT2D eigenvalue weighted by Crippen LogP contribution is -2.34. The molecule has 0 amide bonds. The van der Waals surface area contributed by atoms with Gasteiger partial charge in [-0.1, -0.05) is 17.3 Å². The van der Waals surface area contributed by atoms with Crippen LogP contribution in [0.4, 0.5) is 5.13 Å². The Kier molecular flexibility index (Phi) is 5.19. The van der Waals surface area contributed by atoms with Gasteiger partial charge in [-0.05, 0) is 26.0 Å². The number of rotatable bonds is 7. The first kappa shape index (κ1) is 18.9. The van der Waals surface area contributed by atoms with E-state index >= 15 is 0 Å². The molecular weight excluding hydrogens is 388 g/mol. The number of anilines is 1. The highest BCUT2D eigenvalue weighted by Gasteiger charge is 2.31. The second kappa shape index (κ2) is 7.41. The van der Waals surface area contributed by atoms with E-state index in [4.69, 9.17) is 15.7 Å². The second-order valence-corrected chi connectivity index (χ2v) is 8.10. The number of para-hydroxylation sites is 1. The van der Waals surface area contributed by atoms with Crippen molar-refractivity contribution in [3.05, 3.63) is 40.3 Å². The minimum atomic E-state index is -1.59. The van der Waals surface area contributed by atoms with Crippen LogP contribution >= 0.6 is 22.7 Å². The number of carboxylic acids is 1. The van der Waals surface area contributed by atoms with E-state index in [1.165, 1.54) is 25.2 Å². The Hall–Kier alpha value is -2.85. The first-order valence-electron chi connectivity index (χ1n) is 7.85. The molecule has 0 spiro atoms. The Morgan fingerprint density at radius 2 is 2.04 bits per heavy atom. The molecule has 140 valence electrons. The molecule has 1 aromatic carbocycles. The highest BCUT2D eigenvalue weighted by atomic mass is 32.1. The fourth-order valence-corrected chi connectivity index (χ4v) is 3.57. The van der Waals surface area contributed by atoms with Gasteiger partial charge in [-0.25, -0.2) is 14.8 Å². The summed E-state index contributed by atoms with van der Waals surface area (Å²) in [7, 11) is 0. The number of carboxylic acid groups (broad SMARTS) is 1. The Morgan fingerprint density at radius 3 is 2.67 bits per heavy atom. The number of aromatic nitrogens is 2. The van der Waals surface area contributed by atoms with Crippen LogP contribution in [-0.2, 0) is 20.8 Å². The highest BCUT2D eigenvalue weighted by molar-refractivity contribution is 7.18. The normalized spacial score (nSPS) is 12.3. The molecule has 3 aromatic rings. The fourth-order valence-electron chi connectivity index (χ4n) is 2.05. The van der Waals surface area contributed by atoms with E-state index in [0.717, 1.165) is 21.6 Å². The number of nitrogen functional groups attached to an aromatic ring is 1. The Labute approximate surface area is 162 Å². The van der Waals surface area contributed by atoms with Gasteiger partial charge in [0.25, 0.3) is 0 Å². The quantitative estimate of drug-likeness (QED) is 0.458. The Bertz CT molecular complexity index is 1010. The number of hydrogen-bond donors (Lipinski definition) is 2. The summed E-state index contributed by atoms with van der Waals surface area (Å²) in [6, 6.07) is 7.57. The fraction of sp³-hybridized carbons (Fsp3) is 0.235. The summed E-state index contributed by atoms with van der Waals surface area (Å²) < 4.78 is 0.972. The summed E-state index contributed by atoms with van der Waals surface area (Å²) in [5.41, 5.74) is 5.02. The van der Waals surface area contributed by atoms with Crippen LogP contribution in [0.5, 0.6) is 0 Å². The van der Waals surface area contributed by atoms with E-state index in [0.29, 0.717) is 5.01 Å². The lowest BCUT2D eigenvalue weighted by Gasteiger charge is -2.16. The van der Waals surface area contributed by atoms with Gasteiger partial charge < -0.3 is 15.7 Å². The van der Waals surface area contributed by atoms with Crippen LogP contribution in [0.25, 0.3) is 10.2 Å². The third-order valence-electron chi connectivity index (χ3n) is 3.56. The first-order chi connectivity index (χ1) is 12.8. The molecule has 3 rings (SSSR count). The number of fused-ring (bicyclic) bond motifs is 1. The summed E-state index contributed by atoms with van der Waals surface area (Å²) in [5, 5.41) is 15.4. The molecule has 27 heavy (non-hydrogen) atoms. The number of ketones is 1. The van der Waals surface area contributed by atoms with Gasteiger partial charge in [0, 0.05) is 5.38 Å². The zero-order chi connectivity index (χ0) is 19.6. The Morgan fingerprint density at radius 1 is 1.30 bits per heavy atom. The number of carbonyl (C=O) groups is 2. The topological polar surface area (TPSA) is 128 Å². The number of nitrogens with two attached hydrogens (primary N) is 1. The van der Waals surface area contributed by atoms with Gasteiger partial charge in [0.15, 0.2) is 16.6 Å². The average molecular weight is 404 g/mol. The molecule has 0 fully saturated rings. The van der Waals surface area contributed by atoms with Crippen LogP contribution in [-0.4, -0.2) is 38.1 Å². The minimum Gasteiger partial charge on any atom is -0.478 e. The number of benzene rings is 1. The molecule has 8 nitrogen and oxygen atoms in total. The summed E-state index contributed by atoms with van der Waals surface area (Å²) in [6.07, 6.45) is -0.00747. The van der Waals surface area contributed by atoms with Gasteiger partial charge in [-0.2, -0.15) is 0 Å². The molecule has 0 aliphatic heterocycles. The minimum absolute atomic E-state index is 0.00747. The summed E-state index contributed by atoms with van der Waals surface area (Å²) in [4.78, 5) is 37.6. The molecule has 10 heteroatoms. The zero-order valence-electron chi connectivity index (χ0n) is 14.5. The van der Waals surface area contributed by atoms with E-state index in [-0.39, 0.29) is 28.7 Å². The number of nitrogens with zero attached hydrogens (tertiary/aromatic N) is 3. The van der Waals surface area contributed by atoms with Crippen LogP contribution < -0.4 is 5.73 Å². The molecule has 0 aliphatic rings. The van der Waals surface area contributed by atoms with Crippen LogP contribution in [0.2, 0.25) is 0 Å². The molecule has 0 bridgehead atoms. The molecule has 0 saturated heterocycles. The predicted molar refractivity (Wildman–Crippen MR) is 104 cm³/mol. The lowest BCUT2D eigenvalue weighted by molar-refractivity contribution is -0.161. The van der Waals surface area contributed by atoms with Gasteiger partial charge in [-0.3, -0.25) is 4.79 Å². The molecule has 0 aliphatic carbocycles. The van der Waals surface area contributed by atoms with Crippen LogP contribution in [0, 0.1) is 0 Å². The number of thiazole rings is 2. The summed E-state index contributed by atoms with van der Waals surface area (Å²) in [6.45, 7) is 2.67. The zero-order valence-corrected chi connectivity index (χ0v) is 16.1. The van der Waals surface area contributed by atoms with Crippen molar-refractivity contribution in [2.45, 2.75) is 25.9 Å². The van der Waals surface area contributed by atoms with Gasteiger partial charge in [-0.15, -0.1) is 22.7 Å².